The minimum Gasteiger partial charge on any atom is -0.383 e. The molecule has 0 saturated carbocycles. The van der Waals surface area contributed by atoms with E-state index in [-0.39, 0.29) is 0 Å². The molecule has 23 heavy (non-hydrogen) atoms. The summed E-state index contributed by atoms with van der Waals surface area (Å²) in [6.07, 6.45) is 4.34. The van der Waals surface area contributed by atoms with Crippen LogP contribution in [0.4, 0.5) is 17.5 Å². The molecule has 2 aliphatic heterocycles. The van der Waals surface area contributed by atoms with E-state index in [0.717, 1.165) is 38.3 Å². The summed E-state index contributed by atoms with van der Waals surface area (Å²) in [5.74, 6) is 1.64. The first kappa shape index (κ1) is 14.4. The number of rotatable bonds is 2. The quantitative estimate of drug-likeness (QED) is 0.855. The van der Waals surface area contributed by atoms with Gasteiger partial charge in [-0.15, -0.1) is 0 Å². The Hall–Kier alpha value is -2.22. The van der Waals surface area contributed by atoms with Crippen LogP contribution in [0.1, 0.15) is 5.69 Å². The Bertz CT molecular complexity index is 745. The average molecular weight is 330 g/mol. The van der Waals surface area contributed by atoms with E-state index in [0.29, 0.717) is 22.4 Å². The molecule has 120 valence electrons. The van der Waals surface area contributed by atoms with Crippen LogP contribution in [0.15, 0.2) is 29.4 Å². The maximum absolute atomic E-state index is 11.9. The number of fused-ring (bicyclic) bond motifs is 1. The Morgan fingerprint density at radius 2 is 1.74 bits per heavy atom. The van der Waals surface area contributed by atoms with Crippen molar-refractivity contribution < 1.29 is 4.21 Å². The van der Waals surface area contributed by atoms with Gasteiger partial charge < -0.3 is 15.5 Å². The Labute approximate surface area is 137 Å². The summed E-state index contributed by atoms with van der Waals surface area (Å²) in [4.78, 5) is 18.2. The number of aryl methyl sites for hydroxylation is 1. The first-order valence-corrected chi connectivity index (χ1v) is 8.99. The summed E-state index contributed by atoms with van der Waals surface area (Å²) in [5, 5.41) is 0. The second-order valence-electron chi connectivity index (χ2n) is 5.66. The van der Waals surface area contributed by atoms with Gasteiger partial charge in [0.25, 0.3) is 0 Å². The molecule has 0 aromatic carbocycles. The highest BCUT2D eigenvalue weighted by Gasteiger charge is 2.27. The molecule has 2 aliphatic rings. The van der Waals surface area contributed by atoms with Crippen LogP contribution in [0.3, 0.4) is 0 Å². The van der Waals surface area contributed by atoms with E-state index in [4.69, 9.17) is 5.73 Å². The van der Waals surface area contributed by atoms with Crippen molar-refractivity contribution in [3.05, 3.63) is 30.2 Å². The van der Waals surface area contributed by atoms with Gasteiger partial charge >= 0.3 is 0 Å². The van der Waals surface area contributed by atoms with E-state index >= 15 is 0 Å². The fraction of sp³-hybridized carbons (Fsp3) is 0.400. The topological polar surface area (TPSA) is 88.2 Å². The van der Waals surface area contributed by atoms with Crippen molar-refractivity contribution >= 4 is 28.3 Å². The lowest BCUT2D eigenvalue weighted by atomic mass is 10.2. The van der Waals surface area contributed by atoms with Crippen LogP contribution >= 0.6 is 0 Å². The number of hydrogen-bond acceptors (Lipinski definition) is 7. The molecule has 2 N–H and O–H groups in total. The predicted molar refractivity (Wildman–Crippen MR) is 90.1 cm³/mol. The predicted octanol–water partition coefficient (Wildman–Crippen LogP) is 0.444. The molecule has 4 heterocycles. The molecule has 1 atom stereocenters. The van der Waals surface area contributed by atoms with Crippen LogP contribution in [0.25, 0.3) is 0 Å². The molecule has 0 amide bonds. The van der Waals surface area contributed by atoms with Crippen molar-refractivity contribution in [2.24, 2.45) is 0 Å². The monoisotopic (exact) mass is 330 g/mol. The van der Waals surface area contributed by atoms with Crippen molar-refractivity contribution in [3.8, 4) is 0 Å². The number of piperazine rings is 1. The Kier molecular flexibility index (Phi) is 3.60. The molecular formula is C15H18N6OS. The number of pyridine rings is 1. The highest BCUT2D eigenvalue weighted by atomic mass is 32.2. The van der Waals surface area contributed by atoms with E-state index in [1.54, 1.807) is 0 Å². The van der Waals surface area contributed by atoms with Gasteiger partial charge in [-0.05, 0) is 12.1 Å². The second kappa shape index (κ2) is 5.77. The highest BCUT2D eigenvalue weighted by molar-refractivity contribution is 7.85. The van der Waals surface area contributed by atoms with Crippen LogP contribution in [-0.2, 0) is 17.2 Å². The molecule has 1 unspecified atom stereocenters. The van der Waals surface area contributed by atoms with Gasteiger partial charge in [0.2, 0.25) is 5.95 Å². The molecule has 0 aliphatic carbocycles. The molecule has 7 nitrogen and oxygen atoms in total. The van der Waals surface area contributed by atoms with Crippen LogP contribution in [-0.4, -0.2) is 51.1 Å². The lowest BCUT2D eigenvalue weighted by Crippen LogP contribution is -2.47. The summed E-state index contributed by atoms with van der Waals surface area (Å²) in [5.41, 5.74) is 8.03. The zero-order valence-corrected chi connectivity index (χ0v) is 13.5. The first-order chi connectivity index (χ1) is 11.2. The molecule has 1 saturated heterocycles. The highest BCUT2D eigenvalue weighted by Crippen LogP contribution is 2.28. The first-order valence-electron chi connectivity index (χ1n) is 7.67. The zero-order chi connectivity index (χ0) is 15.8. The molecule has 1 fully saturated rings. The molecule has 8 heteroatoms. The van der Waals surface area contributed by atoms with Crippen molar-refractivity contribution in [2.45, 2.75) is 11.3 Å². The van der Waals surface area contributed by atoms with E-state index in [9.17, 15) is 4.21 Å². The SMILES string of the molecule is Nc1nc(N2CCN(c3ccncc3)CC2)nc2c1S(=O)CC2. The van der Waals surface area contributed by atoms with Crippen molar-refractivity contribution in [2.75, 3.05) is 47.5 Å². The summed E-state index contributed by atoms with van der Waals surface area (Å²) < 4.78 is 11.9. The second-order valence-corrected chi connectivity index (χ2v) is 7.17. The minimum atomic E-state index is -1.04. The zero-order valence-electron chi connectivity index (χ0n) is 12.7. The smallest absolute Gasteiger partial charge is 0.227 e. The average Bonchev–Trinajstić information content (AvgIpc) is 2.97. The van der Waals surface area contributed by atoms with E-state index in [1.165, 1.54) is 5.69 Å². The van der Waals surface area contributed by atoms with Gasteiger partial charge in [0.1, 0.15) is 10.7 Å². The number of anilines is 3. The Morgan fingerprint density at radius 3 is 2.48 bits per heavy atom. The van der Waals surface area contributed by atoms with Gasteiger partial charge in [-0.1, -0.05) is 0 Å². The lowest BCUT2D eigenvalue weighted by Gasteiger charge is -2.36. The van der Waals surface area contributed by atoms with Gasteiger partial charge in [0.05, 0.1) is 16.5 Å². The molecule has 4 rings (SSSR count). The van der Waals surface area contributed by atoms with Gasteiger partial charge in [-0.3, -0.25) is 9.19 Å². The Balaban J connectivity index is 1.51. The molecule has 0 radical (unpaired) electrons. The number of nitrogens with zero attached hydrogens (tertiary/aromatic N) is 5. The number of nitrogen functional groups attached to an aromatic ring is 1. The van der Waals surface area contributed by atoms with Crippen LogP contribution in [0.5, 0.6) is 0 Å². The van der Waals surface area contributed by atoms with Crippen LogP contribution < -0.4 is 15.5 Å². The van der Waals surface area contributed by atoms with Gasteiger partial charge in [-0.25, -0.2) is 4.98 Å². The van der Waals surface area contributed by atoms with Gasteiger partial charge in [0.15, 0.2) is 0 Å². The molecule has 2 aromatic rings. The van der Waals surface area contributed by atoms with Crippen molar-refractivity contribution in [1.82, 2.24) is 15.0 Å². The molecule has 0 spiro atoms. The molecular weight excluding hydrogens is 312 g/mol. The third-order valence-corrected chi connectivity index (χ3v) is 5.77. The third kappa shape index (κ3) is 2.63. The van der Waals surface area contributed by atoms with E-state index in [2.05, 4.69) is 24.8 Å². The fourth-order valence-electron chi connectivity index (χ4n) is 3.07. The maximum atomic E-state index is 11.9. The normalized spacial score (nSPS) is 20.6. The summed E-state index contributed by atoms with van der Waals surface area (Å²) >= 11 is 0. The summed E-state index contributed by atoms with van der Waals surface area (Å²) in [6.45, 7) is 3.47. The van der Waals surface area contributed by atoms with E-state index in [1.807, 2.05) is 24.5 Å². The van der Waals surface area contributed by atoms with E-state index < -0.39 is 10.8 Å². The minimum absolute atomic E-state index is 0.373. The maximum Gasteiger partial charge on any atom is 0.227 e. The van der Waals surface area contributed by atoms with Crippen molar-refractivity contribution in [1.29, 1.82) is 0 Å². The number of hydrogen-bond donors (Lipinski definition) is 1. The largest absolute Gasteiger partial charge is 0.383 e. The lowest BCUT2D eigenvalue weighted by molar-refractivity contribution is 0.637. The standard InChI is InChI=1S/C15H18N6OS/c16-14-13-12(3-10-23(13)22)18-15(19-14)21-8-6-20(7-9-21)11-1-4-17-5-2-11/h1-2,4-5H,3,6-10H2,(H2,16,18,19). The van der Waals surface area contributed by atoms with Gasteiger partial charge in [0, 0.05) is 56.4 Å². The Morgan fingerprint density at radius 1 is 1.04 bits per heavy atom. The van der Waals surface area contributed by atoms with Crippen LogP contribution in [0, 0.1) is 0 Å². The van der Waals surface area contributed by atoms with Gasteiger partial charge in [-0.2, -0.15) is 4.98 Å². The number of nitrogens with two attached hydrogens (primary N) is 1. The molecule has 0 bridgehead atoms. The summed E-state index contributed by atoms with van der Waals surface area (Å²) in [6, 6.07) is 4.05. The summed E-state index contributed by atoms with van der Waals surface area (Å²) in [7, 11) is -1.04. The molecule has 2 aromatic heterocycles. The van der Waals surface area contributed by atoms with Crippen molar-refractivity contribution in [3.63, 3.8) is 0 Å². The fourth-order valence-corrected chi connectivity index (χ4v) is 4.34. The third-order valence-electron chi connectivity index (χ3n) is 4.29. The number of aromatic nitrogens is 3. The van der Waals surface area contributed by atoms with Crippen LogP contribution in [0.2, 0.25) is 0 Å².